The molecule has 0 saturated heterocycles. The molecule has 72 valence electrons. The van der Waals surface area contributed by atoms with Crippen molar-refractivity contribution in [3.8, 4) is 0 Å². The van der Waals surface area contributed by atoms with Crippen LogP contribution >= 0.6 is 22.6 Å². The fourth-order valence-corrected chi connectivity index (χ4v) is 1.75. The summed E-state index contributed by atoms with van der Waals surface area (Å²) < 4.78 is 2.47. The van der Waals surface area contributed by atoms with E-state index in [1.54, 1.807) is 6.07 Å². The Labute approximate surface area is 93.6 Å². The molecule has 0 radical (unpaired) electrons. The van der Waals surface area contributed by atoms with Gasteiger partial charge in [-0.15, -0.1) is 0 Å². The van der Waals surface area contributed by atoms with Crippen LogP contribution in [0.15, 0.2) is 29.3 Å². The van der Waals surface area contributed by atoms with E-state index in [1.807, 2.05) is 12.1 Å². The molecule has 1 aromatic carbocycles. The molecule has 14 heavy (non-hydrogen) atoms. The lowest BCUT2D eigenvalue weighted by molar-refractivity contribution is 0.174. The van der Waals surface area contributed by atoms with Crippen LogP contribution in [0.1, 0.15) is 0 Å². The van der Waals surface area contributed by atoms with Crippen molar-refractivity contribution in [3.05, 3.63) is 38.5 Å². The summed E-state index contributed by atoms with van der Waals surface area (Å²) in [5.74, 6) is 0. The van der Waals surface area contributed by atoms with E-state index in [1.165, 1.54) is 18.2 Å². The smallest absolute Gasteiger partial charge is 0.280 e. The number of hydrogen-bond donors (Lipinski definition) is 0. The van der Waals surface area contributed by atoms with E-state index in [2.05, 4.69) is 27.6 Å². The number of aromatic nitrogens is 2. The molecule has 1 heterocycles. The molecular formula is C9H7IN2O2. The van der Waals surface area contributed by atoms with Crippen LogP contribution in [-0.4, -0.2) is 16.8 Å². The molecule has 5 heteroatoms. The second-order valence-electron chi connectivity index (χ2n) is 2.72. The van der Waals surface area contributed by atoms with Gasteiger partial charge in [0.1, 0.15) is 13.4 Å². The van der Waals surface area contributed by atoms with Crippen LogP contribution < -0.4 is 10.4 Å². The zero-order chi connectivity index (χ0) is 10.1. The van der Waals surface area contributed by atoms with Crippen molar-refractivity contribution in [2.45, 2.75) is 0 Å². The van der Waals surface area contributed by atoms with Gasteiger partial charge < -0.3 is 4.84 Å². The molecule has 0 spiro atoms. The quantitative estimate of drug-likeness (QED) is 0.740. The molecular weight excluding hydrogens is 295 g/mol. The lowest BCUT2D eigenvalue weighted by atomic mass is 10.2. The van der Waals surface area contributed by atoms with Crippen molar-refractivity contribution in [2.24, 2.45) is 0 Å². The van der Waals surface area contributed by atoms with Gasteiger partial charge in [-0.2, -0.15) is 9.71 Å². The van der Waals surface area contributed by atoms with Crippen molar-refractivity contribution in [1.82, 2.24) is 9.71 Å². The van der Waals surface area contributed by atoms with E-state index in [0.29, 0.717) is 5.39 Å². The minimum atomic E-state index is -0.230. The van der Waals surface area contributed by atoms with Gasteiger partial charge in [0, 0.05) is 3.57 Å². The monoisotopic (exact) mass is 302 g/mol. The van der Waals surface area contributed by atoms with Crippen LogP contribution in [0, 0.1) is 3.57 Å². The van der Waals surface area contributed by atoms with Gasteiger partial charge in [-0.3, -0.25) is 4.79 Å². The topological polar surface area (TPSA) is 44.1 Å². The Morgan fingerprint density at radius 3 is 3.00 bits per heavy atom. The Hall–Kier alpha value is -1.11. The molecule has 2 aromatic rings. The van der Waals surface area contributed by atoms with Crippen molar-refractivity contribution >= 4 is 33.5 Å². The number of halogens is 1. The highest BCUT2D eigenvalue weighted by Crippen LogP contribution is 2.12. The third-order valence-electron chi connectivity index (χ3n) is 1.90. The summed E-state index contributed by atoms with van der Waals surface area (Å²) in [5.41, 5.74) is 0.500. The molecule has 0 fully saturated rings. The number of fused-ring (bicyclic) bond motifs is 1. The Kier molecular flexibility index (Phi) is 2.40. The first-order valence-corrected chi connectivity index (χ1v) is 5.01. The van der Waals surface area contributed by atoms with Gasteiger partial charge in [0.15, 0.2) is 0 Å². The second kappa shape index (κ2) is 3.56. The number of rotatable bonds is 1. The zero-order valence-electron chi connectivity index (χ0n) is 7.40. The molecule has 0 aliphatic heterocycles. The largest absolute Gasteiger partial charge is 0.416 e. The average Bonchev–Trinajstić information content (AvgIpc) is 2.19. The van der Waals surface area contributed by atoms with Gasteiger partial charge in [-0.05, 0) is 40.8 Å². The van der Waals surface area contributed by atoms with Crippen LogP contribution in [0.5, 0.6) is 0 Å². The van der Waals surface area contributed by atoms with Crippen LogP contribution in [0.4, 0.5) is 0 Å². The summed E-state index contributed by atoms with van der Waals surface area (Å²) >= 11 is 2.15. The number of benzene rings is 1. The highest BCUT2D eigenvalue weighted by molar-refractivity contribution is 14.1. The molecule has 0 aliphatic carbocycles. The maximum Gasteiger partial charge on any atom is 0.280 e. The molecule has 4 nitrogen and oxygen atoms in total. The first kappa shape index (κ1) is 9.45. The van der Waals surface area contributed by atoms with Crippen molar-refractivity contribution in [1.29, 1.82) is 0 Å². The summed E-state index contributed by atoms with van der Waals surface area (Å²) in [6, 6.07) is 5.54. The lowest BCUT2D eigenvalue weighted by Crippen LogP contribution is -2.15. The van der Waals surface area contributed by atoms with Gasteiger partial charge in [0.2, 0.25) is 0 Å². The standard InChI is InChI=1S/C9H7IN2O2/c1-14-12-5-11-9(13)7-4-6(10)2-3-8(7)12/h2-5H,1H3. The summed E-state index contributed by atoms with van der Waals surface area (Å²) in [5, 5.41) is 0.571. The second-order valence-corrected chi connectivity index (χ2v) is 3.97. The number of nitrogens with zero attached hydrogens (tertiary/aromatic N) is 2. The van der Waals surface area contributed by atoms with Crippen LogP contribution in [0.2, 0.25) is 0 Å². The predicted molar refractivity (Wildman–Crippen MR) is 61.2 cm³/mol. The number of hydrogen-bond acceptors (Lipinski definition) is 3. The van der Waals surface area contributed by atoms with E-state index in [-0.39, 0.29) is 5.56 Å². The molecule has 0 unspecified atom stereocenters. The van der Waals surface area contributed by atoms with Gasteiger partial charge in [-0.25, -0.2) is 0 Å². The van der Waals surface area contributed by atoms with Crippen LogP contribution in [0.25, 0.3) is 10.9 Å². The van der Waals surface area contributed by atoms with Crippen molar-refractivity contribution in [2.75, 3.05) is 7.11 Å². The summed E-state index contributed by atoms with van der Waals surface area (Å²) in [7, 11) is 1.53. The Balaban J connectivity index is 2.91. The summed E-state index contributed by atoms with van der Waals surface area (Å²) in [6.07, 6.45) is 1.37. The van der Waals surface area contributed by atoms with E-state index in [9.17, 15) is 4.79 Å². The van der Waals surface area contributed by atoms with Gasteiger partial charge in [0.25, 0.3) is 5.56 Å². The Morgan fingerprint density at radius 1 is 1.50 bits per heavy atom. The summed E-state index contributed by atoms with van der Waals surface area (Å²) in [4.78, 5) is 20.1. The van der Waals surface area contributed by atoms with Gasteiger partial charge in [0.05, 0.1) is 10.9 Å². The van der Waals surface area contributed by atoms with Crippen molar-refractivity contribution in [3.63, 3.8) is 0 Å². The highest BCUT2D eigenvalue weighted by atomic mass is 127. The van der Waals surface area contributed by atoms with Crippen LogP contribution in [0.3, 0.4) is 0 Å². The fourth-order valence-electron chi connectivity index (χ4n) is 1.25. The third kappa shape index (κ3) is 1.47. The predicted octanol–water partition coefficient (Wildman–Crippen LogP) is 1.06. The van der Waals surface area contributed by atoms with Crippen LogP contribution in [-0.2, 0) is 0 Å². The average molecular weight is 302 g/mol. The Bertz CT molecular complexity index is 536. The highest BCUT2D eigenvalue weighted by Gasteiger charge is 2.03. The minimum Gasteiger partial charge on any atom is -0.416 e. The van der Waals surface area contributed by atoms with E-state index in [4.69, 9.17) is 4.84 Å². The first-order chi connectivity index (χ1) is 6.72. The van der Waals surface area contributed by atoms with E-state index < -0.39 is 0 Å². The molecule has 0 aliphatic rings. The van der Waals surface area contributed by atoms with E-state index in [0.717, 1.165) is 9.09 Å². The van der Waals surface area contributed by atoms with E-state index >= 15 is 0 Å². The molecule has 0 bridgehead atoms. The fraction of sp³-hybridized carbons (Fsp3) is 0.111. The molecule has 0 amide bonds. The Morgan fingerprint density at radius 2 is 2.29 bits per heavy atom. The molecule has 1 aromatic heterocycles. The first-order valence-electron chi connectivity index (χ1n) is 3.94. The molecule has 0 atom stereocenters. The van der Waals surface area contributed by atoms with Crippen molar-refractivity contribution < 1.29 is 4.84 Å². The summed E-state index contributed by atoms with van der Waals surface area (Å²) in [6.45, 7) is 0. The molecule has 0 saturated carbocycles. The molecule has 2 rings (SSSR count). The lowest BCUT2D eigenvalue weighted by Gasteiger charge is -2.06. The van der Waals surface area contributed by atoms with Gasteiger partial charge >= 0.3 is 0 Å². The molecule has 0 N–H and O–H groups in total. The maximum absolute atomic E-state index is 11.4. The maximum atomic E-state index is 11.4. The van der Waals surface area contributed by atoms with Gasteiger partial charge in [-0.1, -0.05) is 0 Å². The minimum absolute atomic E-state index is 0.230. The third-order valence-corrected chi connectivity index (χ3v) is 2.57. The zero-order valence-corrected chi connectivity index (χ0v) is 9.56. The SMILES string of the molecule is COn1cnc(=O)c2cc(I)ccc21. The normalized spacial score (nSPS) is 10.4.